The van der Waals surface area contributed by atoms with E-state index in [4.69, 9.17) is 20.2 Å². The van der Waals surface area contributed by atoms with Gasteiger partial charge in [-0.25, -0.2) is 32.5 Å². The second-order valence-electron chi connectivity index (χ2n) is 11.8. The van der Waals surface area contributed by atoms with E-state index in [0.717, 1.165) is 0 Å². The Kier molecular flexibility index (Phi) is 7.60. The van der Waals surface area contributed by atoms with Crippen LogP contribution in [-0.4, -0.2) is 15.0 Å². The molecule has 6 nitrogen and oxygen atoms in total. The fraction of sp³-hybridized carbons (Fsp3) is 0. The first kappa shape index (κ1) is 31.8. The third-order valence-electron chi connectivity index (χ3n) is 8.90. The molecule has 0 spiro atoms. The molecule has 0 bridgehead atoms. The Balaban J connectivity index is 1.47. The summed E-state index contributed by atoms with van der Waals surface area (Å²) in [5, 5.41) is 29.8. The van der Waals surface area contributed by atoms with Gasteiger partial charge in [-0.3, -0.25) is 0 Å². The standard InChI is InChI=1S/C42H18F4N6/c43-35-30(21-49)36(44)38(46)34(37(35)45)26-5-1-2-6-27(26)41-29-17-18-32-42(33(29)28-7-3-4-8-31(28)50-41)52-40(25-15-11-23(20-48)12-16-25)39(51-32)24-13-9-22(19-47)10-14-24/h1-18H. The van der Waals surface area contributed by atoms with E-state index < -0.39 is 34.4 Å². The third kappa shape index (κ3) is 4.96. The first-order valence-electron chi connectivity index (χ1n) is 15.7. The molecule has 8 aromatic rings. The number of hydrogen-bond acceptors (Lipinski definition) is 6. The summed E-state index contributed by atoms with van der Waals surface area (Å²) in [6.45, 7) is 0. The molecule has 0 unspecified atom stereocenters. The van der Waals surface area contributed by atoms with Crippen LogP contribution >= 0.6 is 0 Å². The van der Waals surface area contributed by atoms with Gasteiger partial charge in [0.1, 0.15) is 11.6 Å². The van der Waals surface area contributed by atoms with Crippen molar-refractivity contribution in [2.45, 2.75) is 0 Å². The van der Waals surface area contributed by atoms with Crippen molar-refractivity contribution in [2.75, 3.05) is 0 Å². The number of para-hydroxylation sites is 1. The Morgan fingerprint density at radius 1 is 0.442 bits per heavy atom. The predicted molar refractivity (Wildman–Crippen MR) is 188 cm³/mol. The Hall–Kier alpha value is -7.48. The van der Waals surface area contributed by atoms with Crippen molar-refractivity contribution < 1.29 is 17.6 Å². The highest BCUT2D eigenvalue weighted by Gasteiger charge is 2.29. The maximum atomic E-state index is 15.5. The van der Waals surface area contributed by atoms with E-state index in [0.29, 0.717) is 66.4 Å². The quantitative estimate of drug-likeness (QED) is 0.104. The number of nitrogens with zero attached hydrogens (tertiary/aromatic N) is 6. The maximum Gasteiger partial charge on any atom is 0.180 e. The Morgan fingerprint density at radius 2 is 0.981 bits per heavy atom. The van der Waals surface area contributed by atoms with Crippen molar-refractivity contribution in [3.63, 3.8) is 0 Å². The average Bonchev–Trinajstić information content (AvgIpc) is 3.19. The SMILES string of the molecule is N#Cc1ccc(-c2nc3ccc4c(-c5ccccc5-c5c(F)c(F)c(C#N)c(F)c5F)nc5ccccc5c4c3nc2-c2ccc(C#N)cc2)cc1. The molecule has 0 aliphatic heterocycles. The van der Waals surface area contributed by atoms with Crippen LogP contribution in [0.4, 0.5) is 17.6 Å². The molecule has 0 amide bonds. The number of fused-ring (bicyclic) bond motifs is 5. The molecule has 0 saturated heterocycles. The molecule has 52 heavy (non-hydrogen) atoms. The van der Waals surface area contributed by atoms with Crippen molar-refractivity contribution in [3.8, 4) is 63.1 Å². The van der Waals surface area contributed by atoms with Gasteiger partial charge in [-0.05, 0) is 48.0 Å². The van der Waals surface area contributed by atoms with Gasteiger partial charge in [0, 0.05) is 32.8 Å². The number of aromatic nitrogens is 3. The highest BCUT2D eigenvalue weighted by Crippen LogP contribution is 2.43. The first-order valence-corrected chi connectivity index (χ1v) is 15.7. The lowest BCUT2D eigenvalue weighted by molar-refractivity contribution is 0.454. The predicted octanol–water partition coefficient (Wildman–Crippen LogP) is 10.2. The zero-order valence-electron chi connectivity index (χ0n) is 26.6. The smallest absolute Gasteiger partial charge is 0.180 e. The zero-order chi connectivity index (χ0) is 36.1. The Morgan fingerprint density at radius 3 is 1.58 bits per heavy atom. The maximum absolute atomic E-state index is 15.5. The van der Waals surface area contributed by atoms with Gasteiger partial charge >= 0.3 is 0 Å². The number of nitriles is 3. The van der Waals surface area contributed by atoms with E-state index in [1.54, 1.807) is 84.9 Å². The summed E-state index contributed by atoms with van der Waals surface area (Å²) in [4.78, 5) is 15.2. The summed E-state index contributed by atoms with van der Waals surface area (Å²) in [6.07, 6.45) is 0. The van der Waals surface area contributed by atoms with Gasteiger partial charge in [0.15, 0.2) is 23.3 Å². The highest BCUT2D eigenvalue weighted by atomic mass is 19.2. The molecular weight excluding hydrogens is 664 g/mol. The average molecular weight is 683 g/mol. The summed E-state index contributed by atoms with van der Waals surface area (Å²) in [7, 11) is 0. The van der Waals surface area contributed by atoms with Crippen LogP contribution in [0.1, 0.15) is 16.7 Å². The largest absolute Gasteiger partial charge is 0.247 e. The van der Waals surface area contributed by atoms with Crippen molar-refractivity contribution >= 4 is 32.7 Å². The summed E-state index contributed by atoms with van der Waals surface area (Å²) in [5.74, 6) is -6.99. The van der Waals surface area contributed by atoms with Gasteiger partial charge in [0.05, 0.1) is 62.5 Å². The molecule has 0 atom stereocenters. The van der Waals surface area contributed by atoms with E-state index in [1.165, 1.54) is 18.2 Å². The van der Waals surface area contributed by atoms with Gasteiger partial charge in [-0.15, -0.1) is 0 Å². The Labute approximate surface area is 292 Å². The molecule has 8 rings (SSSR count). The lowest BCUT2D eigenvalue weighted by Gasteiger charge is -2.17. The monoisotopic (exact) mass is 682 g/mol. The van der Waals surface area contributed by atoms with Crippen molar-refractivity contribution in [3.05, 3.63) is 149 Å². The van der Waals surface area contributed by atoms with E-state index in [1.807, 2.05) is 12.1 Å². The Bertz CT molecular complexity index is 2890. The van der Waals surface area contributed by atoms with Crippen LogP contribution in [0, 0.1) is 57.3 Å². The normalized spacial score (nSPS) is 11.0. The molecule has 0 N–H and O–H groups in total. The highest BCUT2D eigenvalue weighted by molar-refractivity contribution is 6.21. The minimum absolute atomic E-state index is 0.174. The fourth-order valence-electron chi connectivity index (χ4n) is 6.44. The van der Waals surface area contributed by atoms with Crippen molar-refractivity contribution in [1.29, 1.82) is 15.8 Å². The number of pyridine rings is 1. The summed E-state index contributed by atoms with van der Waals surface area (Å²) >= 11 is 0. The second kappa shape index (κ2) is 12.4. The van der Waals surface area contributed by atoms with Crippen LogP contribution < -0.4 is 0 Å². The number of rotatable bonds is 4. The van der Waals surface area contributed by atoms with Crippen LogP contribution in [0.2, 0.25) is 0 Å². The van der Waals surface area contributed by atoms with E-state index in [9.17, 15) is 19.3 Å². The van der Waals surface area contributed by atoms with Crippen molar-refractivity contribution in [2.24, 2.45) is 0 Å². The number of hydrogen-bond donors (Lipinski definition) is 0. The molecule has 0 saturated carbocycles. The van der Waals surface area contributed by atoms with Gasteiger partial charge in [-0.2, -0.15) is 15.8 Å². The summed E-state index contributed by atoms with van der Waals surface area (Å²) in [6, 6.07) is 36.0. The molecule has 244 valence electrons. The van der Waals surface area contributed by atoms with Gasteiger partial charge in [0.2, 0.25) is 0 Å². The molecular formula is C42H18F4N6. The van der Waals surface area contributed by atoms with Crippen LogP contribution in [0.3, 0.4) is 0 Å². The summed E-state index contributed by atoms with van der Waals surface area (Å²) < 4.78 is 60.8. The van der Waals surface area contributed by atoms with Gasteiger partial charge in [-0.1, -0.05) is 66.7 Å². The molecule has 2 aromatic heterocycles. The minimum atomic E-state index is -1.79. The van der Waals surface area contributed by atoms with E-state index in [2.05, 4.69) is 12.1 Å². The first-order chi connectivity index (χ1) is 25.3. The lowest BCUT2D eigenvalue weighted by atomic mass is 9.91. The topological polar surface area (TPSA) is 110 Å². The molecule has 0 radical (unpaired) electrons. The molecule has 6 aromatic carbocycles. The van der Waals surface area contributed by atoms with E-state index >= 15 is 8.78 Å². The second-order valence-corrected chi connectivity index (χ2v) is 11.8. The molecule has 0 aliphatic rings. The van der Waals surface area contributed by atoms with Gasteiger partial charge in [0.25, 0.3) is 0 Å². The van der Waals surface area contributed by atoms with Crippen LogP contribution in [0.5, 0.6) is 0 Å². The molecule has 0 aliphatic carbocycles. The lowest BCUT2D eigenvalue weighted by Crippen LogP contribution is -2.05. The van der Waals surface area contributed by atoms with E-state index in [-0.39, 0.29) is 16.8 Å². The molecule has 2 heterocycles. The van der Waals surface area contributed by atoms with Crippen LogP contribution in [0.25, 0.3) is 77.6 Å². The summed E-state index contributed by atoms with van der Waals surface area (Å²) in [5.41, 5.74) is 2.74. The zero-order valence-corrected chi connectivity index (χ0v) is 26.6. The minimum Gasteiger partial charge on any atom is -0.247 e. The number of halogens is 4. The van der Waals surface area contributed by atoms with Crippen LogP contribution in [0.15, 0.2) is 109 Å². The van der Waals surface area contributed by atoms with Crippen molar-refractivity contribution in [1.82, 2.24) is 15.0 Å². The fourth-order valence-corrected chi connectivity index (χ4v) is 6.44. The number of benzene rings is 6. The molecule has 0 fully saturated rings. The third-order valence-corrected chi connectivity index (χ3v) is 8.90. The van der Waals surface area contributed by atoms with Crippen LogP contribution in [-0.2, 0) is 0 Å². The molecule has 10 heteroatoms. The van der Waals surface area contributed by atoms with Gasteiger partial charge < -0.3 is 0 Å².